The van der Waals surface area contributed by atoms with Crippen molar-refractivity contribution >= 4 is 26.8 Å². The molecule has 12 heteroatoms. The average molecular weight is 431 g/mol. The first-order valence-corrected chi connectivity index (χ1v) is 10.8. The van der Waals surface area contributed by atoms with Crippen molar-refractivity contribution in [1.29, 1.82) is 0 Å². The van der Waals surface area contributed by atoms with Gasteiger partial charge in [0, 0.05) is 12.7 Å². The van der Waals surface area contributed by atoms with Crippen LogP contribution in [0.25, 0.3) is 16.8 Å². The normalized spacial score (nSPS) is 23.4. The highest BCUT2D eigenvalue weighted by atomic mass is 32.2. The highest BCUT2D eigenvalue weighted by molar-refractivity contribution is 7.89. The lowest BCUT2D eigenvalue weighted by molar-refractivity contribution is -0.130. The molecule has 3 atom stereocenters. The molecule has 158 valence electrons. The summed E-state index contributed by atoms with van der Waals surface area (Å²) in [6.45, 7) is 1.91. The van der Waals surface area contributed by atoms with Gasteiger partial charge in [0.15, 0.2) is 11.3 Å². The molecule has 0 aliphatic carbocycles. The molecule has 8 nitrogen and oxygen atoms in total. The predicted octanol–water partition coefficient (Wildman–Crippen LogP) is 2.55. The zero-order valence-corrected chi connectivity index (χ0v) is 16.3. The van der Waals surface area contributed by atoms with Crippen LogP contribution < -0.4 is 4.72 Å². The smallest absolute Gasteiger partial charge is 0.367 e. The number of H-pyrrole nitrogens is 1. The van der Waals surface area contributed by atoms with Gasteiger partial charge in [0.05, 0.1) is 41.9 Å². The summed E-state index contributed by atoms with van der Waals surface area (Å²) in [5, 5.41) is 0. The number of sulfonamides is 1. The van der Waals surface area contributed by atoms with E-state index in [0.29, 0.717) is 17.7 Å². The van der Waals surface area contributed by atoms with Crippen molar-refractivity contribution in [3.8, 4) is 0 Å². The zero-order chi connectivity index (χ0) is 20.8. The Kier molecular flexibility index (Phi) is 5.03. The monoisotopic (exact) mass is 431 g/mol. The molecule has 2 N–H and O–H groups in total. The van der Waals surface area contributed by atoms with Crippen molar-refractivity contribution in [3.63, 3.8) is 0 Å². The number of hydrogen-bond acceptors (Lipinski definition) is 5. The summed E-state index contributed by atoms with van der Waals surface area (Å²) in [7, 11) is -4.03. The number of hydrogen-bond donors (Lipinski definition) is 2. The molecule has 3 unspecified atom stereocenters. The molecule has 4 heterocycles. The average Bonchev–Trinajstić information content (AvgIpc) is 3.34. The van der Waals surface area contributed by atoms with E-state index in [9.17, 15) is 21.6 Å². The number of fused-ring (bicyclic) bond motifs is 3. The summed E-state index contributed by atoms with van der Waals surface area (Å²) in [5.74, 6) is -0.921. The summed E-state index contributed by atoms with van der Waals surface area (Å²) in [4.78, 5) is 11.7. The van der Waals surface area contributed by atoms with Crippen LogP contribution in [0.5, 0.6) is 0 Å². The van der Waals surface area contributed by atoms with Gasteiger partial charge in [-0.25, -0.2) is 23.1 Å². The molecule has 0 bridgehead atoms. The maximum atomic E-state index is 12.3. The fourth-order valence-electron chi connectivity index (χ4n) is 3.66. The quantitative estimate of drug-likeness (QED) is 0.625. The van der Waals surface area contributed by atoms with E-state index in [-0.39, 0.29) is 18.6 Å². The van der Waals surface area contributed by atoms with Crippen LogP contribution in [-0.2, 0) is 14.8 Å². The number of aromatic nitrogens is 4. The summed E-state index contributed by atoms with van der Waals surface area (Å²) in [5.41, 5.74) is 3.04. The van der Waals surface area contributed by atoms with E-state index in [2.05, 4.69) is 19.7 Å². The molecule has 1 aliphatic heterocycles. The Hall–Kier alpha value is -2.18. The molecule has 1 fully saturated rings. The van der Waals surface area contributed by atoms with Gasteiger partial charge in [0.1, 0.15) is 6.10 Å². The van der Waals surface area contributed by atoms with Gasteiger partial charge in [-0.05, 0) is 18.4 Å². The molecule has 3 aromatic rings. The number of nitrogens with zero attached hydrogens (tertiary/aromatic N) is 3. The summed E-state index contributed by atoms with van der Waals surface area (Å²) < 4.78 is 70.7. The minimum atomic E-state index is -4.51. The van der Waals surface area contributed by atoms with E-state index in [4.69, 9.17) is 4.74 Å². The Morgan fingerprint density at radius 2 is 2.14 bits per heavy atom. The Bertz CT molecular complexity index is 1120. The second-order valence-corrected chi connectivity index (χ2v) is 9.20. The van der Waals surface area contributed by atoms with Crippen molar-refractivity contribution in [1.82, 2.24) is 24.1 Å². The first-order chi connectivity index (χ1) is 13.6. The maximum absolute atomic E-state index is 12.3. The number of alkyl halides is 3. The lowest BCUT2D eigenvalue weighted by Crippen LogP contribution is -2.34. The summed E-state index contributed by atoms with van der Waals surface area (Å²) >= 11 is 0. The van der Waals surface area contributed by atoms with Gasteiger partial charge in [-0.15, -0.1) is 0 Å². The van der Waals surface area contributed by atoms with E-state index in [1.807, 2.05) is 17.4 Å². The van der Waals surface area contributed by atoms with Crippen molar-refractivity contribution in [2.75, 3.05) is 12.3 Å². The molecule has 29 heavy (non-hydrogen) atoms. The van der Waals surface area contributed by atoms with Crippen molar-refractivity contribution in [3.05, 3.63) is 30.4 Å². The number of halogens is 3. The van der Waals surface area contributed by atoms with Gasteiger partial charge in [-0.3, -0.25) is 4.40 Å². The fraction of sp³-hybridized carbons (Fsp3) is 0.529. The molecule has 0 spiro atoms. The van der Waals surface area contributed by atoms with Crippen LogP contribution in [0.15, 0.2) is 24.7 Å². The van der Waals surface area contributed by atoms with Crippen LogP contribution in [0.3, 0.4) is 0 Å². The minimum Gasteiger partial charge on any atom is -0.367 e. The third-order valence-electron chi connectivity index (χ3n) is 5.04. The number of ether oxygens (including phenoxy) is 1. The standard InChI is InChI=1S/C17H20F3N5O3S/c1-10-6-11(7-24-29(26,27)5-3-17(18,19)20)28-15(10)13-8-22-14-9-23-16-12(25(13)14)2-4-21-16/h2,4,8-11,15,21,24H,3,5-7H2,1H3. The Morgan fingerprint density at radius 1 is 1.34 bits per heavy atom. The molecule has 3 aromatic heterocycles. The van der Waals surface area contributed by atoms with Crippen molar-refractivity contribution in [2.24, 2.45) is 5.92 Å². The molecule has 0 saturated carbocycles. The lowest BCUT2D eigenvalue weighted by Gasteiger charge is -2.16. The van der Waals surface area contributed by atoms with E-state index >= 15 is 0 Å². The zero-order valence-electron chi connectivity index (χ0n) is 15.5. The highest BCUT2D eigenvalue weighted by Crippen LogP contribution is 2.38. The van der Waals surface area contributed by atoms with Gasteiger partial charge in [0.2, 0.25) is 10.0 Å². The molecule has 1 aliphatic rings. The van der Waals surface area contributed by atoms with Gasteiger partial charge < -0.3 is 9.72 Å². The van der Waals surface area contributed by atoms with Crippen LogP contribution in [0.1, 0.15) is 31.6 Å². The van der Waals surface area contributed by atoms with E-state index < -0.39 is 34.5 Å². The Balaban J connectivity index is 1.47. The van der Waals surface area contributed by atoms with Gasteiger partial charge in [-0.1, -0.05) is 6.92 Å². The second kappa shape index (κ2) is 7.26. The van der Waals surface area contributed by atoms with Gasteiger partial charge in [0.25, 0.3) is 0 Å². The molecular weight excluding hydrogens is 411 g/mol. The van der Waals surface area contributed by atoms with E-state index in [1.165, 1.54) is 0 Å². The fourth-order valence-corrected chi connectivity index (χ4v) is 4.75. The van der Waals surface area contributed by atoms with Crippen LogP contribution in [0, 0.1) is 5.92 Å². The van der Waals surface area contributed by atoms with Crippen molar-refractivity contribution in [2.45, 2.75) is 38.1 Å². The molecule has 0 radical (unpaired) electrons. The van der Waals surface area contributed by atoms with E-state index in [0.717, 1.165) is 11.2 Å². The van der Waals surface area contributed by atoms with Crippen LogP contribution >= 0.6 is 0 Å². The lowest BCUT2D eigenvalue weighted by atomic mass is 10.00. The summed E-state index contributed by atoms with van der Waals surface area (Å²) in [6, 6.07) is 1.88. The number of nitrogens with one attached hydrogen (secondary N) is 2. The number of rotatable bonds is 6. The summed E-state index contributed by atoms with van der Waals surface area (Å²) in [6.07, 6.45) is -0.955. The first kappa shape index (κ1) is 20.1. The largest absolute Gasteiger partial charge is 0.390 e. The van der Waals surface area contributed by atoms with Crippen molar-refractivity contribution < 1.29 is 26.3 Å². The van der Waals surface area contributed by atoms with E-state index in [1.54, 1.807) is 18.6 Å². The molecule has 0 amide bonds. The van der Waals surface area contributed by atoms with Gasteiger partial charge >= 0.3 is 6.18 Å². The molecular formula is C17H20F3N5O3S. The van der Waals surface area contributed by atoms with Gasteiger partial charge in [-0.2, -0.15) is 13.2 Å². The number of imidazole rings is 1. The minimum absolute atomic E-state index is 0.0705. The number of aromatic amines is 1. The second-order valence-electron chi connectivity index (χ2n) is 7.27. The van der Waals surface area contributed by atoms with Crippen LogP contribution in [0.4, 0.5) is 13.2 Å². The first-order valence-electron chi connectivity index (χ1n) is 9.12. The SMILES string of the molecule is CC1CC(CNS(=O)(=O)CCC(F)(F)F)OC1c1cnc2cnc3[nH]ccc3n12. The van der Waals surface area contributed by atoms with Crippen LogP contribution in [0.2, 0.25) is 0 Å². The topological polar surface area (TPSA) is 101 Å². The molecule has 1 saturated heterocycles. The molecule has 0 aromatic carbocycles. The highest BCUT2D eigenvalue weighted by Gasteiger charge is 2.36. The third-order valence-corrected chi connectivity index (χ3v) is 6.39. The third kappa shape index (κ3) is 4.23. The van der Waals surface area contributed by atoms with Crippen LogP contribution in [-0.4, -0.2) is 52.3 Å². The molecule has 4 rings (SSSR count). The maximum Gasteiger partial charge on any atom is 0.390 e. The Labute approximate surface area is 164 Å². The predicted molar refractivity (Wildman–Crippen MR) is 98.7 cm³/mol. The Morgan fingerprint density at radius 3 is 2.90 bits per heavy atom.